The lowest BCUT2D eigenvalue weighted by molar-refractivity contribution is 0.547. The van der Waals surface area contributed by atoms with E-state index in [0.29, 0.717) is 5.02 Å². The van der Waals surface area contributed by atoms with Gasteiger partial charge in [-0.3, -0.25) is 0 Å². The van der Waals surface area contributed by atoms with Crippen molar-refractivity contribution in [2.75, 3.05) is 0 Å². The van der Waals surface area contributed by atoms with E-state index in [9.17, 15) is 4.39 Å². The molecule has 1 aliphatic rings. The van der Waals surface area contributed by atoms with Gasteiger partial charge in [0.05, 0.1) is 5.41 Å². The van der Waals surface area contributed by atoms with Crippen LogP contribution in [0.2, 0.25) is 5.02 Å². The summed E-state index contributed by atoms with van der Waals surface area (Å²) in [6, 6.07) is 14.6. The Labute approximate surface area is 163 Å². The fraction of sp³-hybridized carbons (Fsp3) is 0.300. The Kier molecular flexibility index (Phi) is 5.09. The average molecular weight is 392 g/mol. The van der Waals surface area contributed by atoms with Crippen molar-refractivity contribution >= 4 is 24.0 Å². The minimum atomic E-state index is -0.216. The third-order valence-corrected chi connectivity index (χ3v) is 5.14. The van der Waals surface area contributed by atoms with Crippen LogP contribution < -0.4 is 0 Å². The number of nitrogens with zero attached hydrogens (tertiary/aromatic N) is 3. The van der Waals surface area contributed by atoms with Gasteiger partial charge in [-0.05, 0) is 68.7 Å². The standard InChI is InChI=1S/C20H19ClFN3.ClH/c1-13(2)25-18(14-3-7-16(21)8-4-14)23-24-19(25)20(11-12-20)15-5-9-17(22)10-6-15;/h3-10,13H,11-12H2,1-2H3;1H. The first-order valence-electron chi connectivity index (χ1n) is 8.49. The number of benzene rings is 2. The van der Waals surface area contributed by atoms with Gasteiger partial charge in [-0.25, -0.2) is 4.39 Å². The first kappa shape index (κ1) is 18.9. The minimum Gasteiger partial charge on any atom is -0.308 e. The Hall–Kier alpha value is -1.91. The Balaban J connectivity index is 0.00000196. The first-order valence-corrected chi connectivity index (χ1v) is 8.86. The van der Waals surface area contributed by atoms with Crippen LogP contribution in [0, 0.1) is 5.82 Å². The highest BCUT2D eigenvalue weighted by Crippen LogP contribution is 2.53. The second-order valence-corrected chi connectivity index (χ2v) is 7.34. The van der Waals surface area contributed by atoms with Crippen LogP contribution in [0.5, 0.6) is 0 Å². The van der Waals surface area contributed by atoms with E-state index < -0.39 is 0 Å². The van der Waals surface area contributed by atoms with E-state index in [1.807, 2.05) is 36.4 Å². The molecule has 0 saturated heterocycles. The van der Waals surface area contributed by atoms with Gasteiger partial charge in [-0.15, -0.1) is 22.6 Å². The molecule has 2 aromatic carbocycles. The van der Waals surface area contributed by atoms with Crippen molar-refractivity contribution in [2.24, 2.45) is 0 Å². The molecule has 3 nitrogen and oxygen atoms in total. The lowest BCUT2D eigenvalue weighted by Gasteiger charge is -2.20. The maximum atomic E-state index is 13.3. The highest BCUT2D eigenvalue weighted by atomic mass is 35.5. The van der Waals surface area contributed by atoms with Gasteiger partial charge in [-0.1, -0.05) is 23.7 Å². The van der Waals surface area contributed by atoms with Crippen LogP contribution in [0.25, 0.3) is 11.4 Å². The summed E-state index contributed by atoms with van der Waals surface area (Å²) >= 11 is 6.01. The molecule has 1 fully saturated rings. The third-order valence-electron chi connectivity index (χ3n) is 4.89. The zero-order valence-electron chi connectivity index (χ0n) is 14.6. The molecule has 0 aliphatic heterocycles. The summed E-state index contributed by atoms with van der Waals surface area (Å²) in [5, 5.41) is 9.74. The number of hydrogen-bond donors (Lipinski definition) is 0. The van der Waals surface area contributed by atoms with Crippen LogP contribution in [-0.4, -0.2) is 14.8 Å². The monoisotopic (exact) mass is 391 g/mol. The summed E-state index contributed by atoms with van der Waals surface area (Å²) in [4.78, 5) is 0. The van der Waals surface area contributed by atoms with E-state index in [0.717, 1.165) is 35.6 Å². The number of aromatic nitrogens is 3. The Morgan fingerprint density at radius 3 is 2.15 bits per heavy atom. The highest BCUT2D eigenvalue weighted by Gasteiger charge is 2.50. The zero-order valence-corrected chi connectivity index (χ0v) is 16.2. The molecule has 1 saturated carbocycles. The zero-order chi connectivity index (χ0) is 17.6. The maximum absolute atomic E-state index is 13.3. The van der Waals surface area contributed by atoms with E-state index >= 15 is 0 Å². The summed E-state index contributed by atoms with van der Waals surface area (Å²) in [6.45, 7) is 4.26. The third kappa shape index (κ3) is 3.12. The average Bonchev–Trinajstić information content (AvgIpc) is 3.27. The summed E-state index contributed by atoms with van der Waals surface area (Å²) in [7, 11) is 0. The number of hydrogen-bond acceptors (Lipinski definition) is 2. The molecule has 4 rings (SSSR count). The normalized spacial score (nSPS) is 15.0. The molecule has 0 amide bonds. The van der Waals surface area contributed by atoms with Gasteiger partial charge in [-0.2, -0.15) is 0 Å². The Morgan fingerprint density at radius 1 is 1.00 bits per heavy atom. The van der Waals surface area contributed by atoms with Gasteiger partial charge in [0.15, 0.2) is 5.82 Å². The van der Waals surface area contributed by atoms with Crippen molar-refractivity contribution in [1.29, 1.82) is 0 Å². The summed E-state index contributed by atoms with van der Waals surface area (Å²) in [5.74, 6) is 1.58. The van der Waals surface area contributed by atoms with Gasteiger partial charge in [0.1, 0.15) is 11.6 Å². The molecule has 0 unspecified atom stereocenters. The maximum Gasteiger partial charge on any atom is 0.164 e. The highest BCUT2D eigenvalue weighted by molar-refractivity contribution is 6.30. The molecule has 3 aromatic rings. The minimum absolute atomic E-state index is 0. The van der Waals surface area contributed by atoms with Crippen molar-refractivity contribution in [3.05, 3.63) is 70.8 Å². The van der Waals surface area contributed by atoms with Crippen LogP contribution in [0.15, 0.2) is 48.5 Å². The van der Waals surface area contributed by atoms with Crippen LogP contribution in [0.4, 0.5) is 4.39 Å². The molecule has 0 radical (unpaired) electrons. The Bertz CT molecular complexity index is 898. The van der Waals surface area contributed by atoms with Gasteiger partial charge in [0.25, 0.3) is 0 Å². The van der Waals surface area contributed by atoms with Gasteiger partial charge < -0.3 is 4.57 Å². The largest absolute Gasteiger partial charge is 0.308 e. The smallest absolute Gasteiger partial charge is 0.164 e. The van der Waals surface area contributed by atoms with Crippen molar-refractivity contribution < 1.29 is 4.39 Å². The number of halogens is 3. The second-order valence-electron chi connectivity index (χ2n) is 6.91. The summed E-state index contributed by atoms with van der Waals surface area (Å²) < 4.78 is 15.5. The molecular formula is C20H20Cl2FN3. The fourth-order valence-corrected chi connectivity index (χ4v) is 3.56. The Morgan fingerprint density at radius 2 is 1.62 bits per heavy atom. The van der Waals surface area contributed by atoms with E-state index in [-0.39, 0.29) is 29.7 Å². The predicted molar refractivity (Wildman–Crippen MR) is 105 cm³/mol. The molecule has 0 spiro atoms. The van der Waals surface area contributed by atoms with Crippen molar-refractivity contribution in [1.82, 2.24) is 14.8 Å². The van der Waals surface area contributed by atoms with Gasteiger partial charge in [0, 0.05) is 16.6 Å². The second kappa shape index (κ2) is 7.01. The van der Waals surface area contributed by atoms with E-state index in [1.165, 1.54) is 12.1 Å². The lowest BCUT2D eigenvalue weighted by Crippen LogP contribution is -2.18. The molecular weight excluding hydrogens is 372 g/mol. The first-order chi connectivity index (χ1) is 12.0. The molecule has 0 bridgehead atoms. The molecule has 1 heterocycles. The summed E-state index contributed by atoms with van der Waals surface area (Å²) in [6.07, 6.45) is 2.01. The van der Waals surface area contributed by atoms with Crippen LogP contribution in [-0.2, 0) is 5.41 Å². The quantitative estimate of drug-likeness (QED) is 0.560. The number of rotatable bonds is 4. The molecule has 0 atom stereocenters. The topological polar surface area (TPSA) is 30.7 Å². The van der Waals surface area contributed by atoms with E-state index in [4.69, 9.17) is 11.6 Å². The van der Waals surface area contributed by atoms with Crippen molar-refractivity contribution in [2.45, 2.75) is 38.1 Å². The molecule has 1 aliphatic carbocycles. The molecule has 0 N–H and O–H groups in total. The van der Waals surface area contributed by atoms with E-state index in [1.54, 1.807) is 0 Å². The van der Waals surface area contributed by atoms with Crippen LogP contribution in [0.1, 0.15) is 44.1 Å². The lowest BCUT2D eigenvalue weighted by atomic mass is 9.94. The molecule has 6 heteroatoms. The molecule has 26 heavy (non-hydrogen) atoms. The van der Waals surface area contributed by atoms with Crippen LogP contribution >= 0.6 is 24.0 Å². The molecule has 136 valence electrons. The predicted octanol–water partition coefficient (Wildman–Crippen LogP) is 5.82. The SMILES string of the molecule is CC(C)n1c(-c2ccc(Cl)cc2)nnc1C1(c2ccc(F)cc2)CC1.Cl. The van der Waals surface area contributed by atoms with E-state index in [2.05, 4.69) is 28.6 Å². The van der Waals surface area contributed by atoms with Crippen molar-refractivity contribution in [3.8, 4) is 11.4 Å². The summed E-state index contributed by atoms with van der Waals surface area (Å²) in [5.41, 5.74) is 1.94. The fourth-order valence-electron chi connectivity index (χ4n) is 3.44. The van der Waals surface area contributed by atoms with Crippen molar-refractivity contribution in [3.63, 3.8) is 0 Å². The van der Waals surface area contributed by atoms with Gasteiger partial charge in [0.2, 0.25) is 0 Å². The van der Waals surface area contributed by atoms with Crippen LogP contribution in [0.3, 0.4) is 0 Å². The molecule has 1 aromatic heterocycles. The van der Waals surface area contributed by atoms with Gasteiger partial charge >= 0.3 is 0 Å².